The first kappa shape index (κ1) is 20.9. The third-order valence-corrected chi connectivity index (χ3v) is 4.48. The van der Waals surface area contributed by atoms with Gasteiger partial charge in [0.1, 0.15) is 5.75 Å². The first-order chi connectivity index (χ1) is 12.8. The Labute approximate surface area is 165 Å². The Kier molecular flexibility index (Phi) is 6.97. The molecular formula is C21H26ClNO4. The van der Waals surface area contributed by atoms with Gasteiger partial charge in [-0.2, -0.15) is 0 Å². The molecule has 146 valence electrons. The molecule has 0 spiro atoms. The average Bonchev–Trinajstić information content (AvgIpc) is 2.66. The van der Waals surface area contributed by atoms with E-state index in [0.717, 1.165) is 5.56 Å². The van der Waals surface area contributed by atoms with Gasteiger partial charge in [0.15, 0.2) is 17.1 Å². The Balaban J connectivity index is 1.98. The monoisotopic (exact) mass is 391 g/mol. The zero-order chi connectivity index (χ0) is 20.0. The van der Waals surface area contributed by atoms with Gasteiger partial charge in [-0.05, 0) is 62.2 Å². The number of hydrogen-bond donors (Lipinski definition) is 0. The van der Waals surface area contributed by atoms with E-state index < -0.39 is 5.60 Å². The Hall–Kier alpha value is -2.40. The molecular weight excluding hydrogens is 366 g/mol. The van der Waals surface area contributed by atoms with E-state index in [1.54, 1.807) is 64.3 Å². The lowest BCUT2D eigenvalue weighted by molar-refractivity contribution is -0.144. The van der Waals surface area contributed by atoms with Crippen LogP contribution in [0.2, 0.25) is 5.02 Å². The molecule has 1 amide bonds. The first-order valence-electron chi connectivity index (χ1n) is 8.68. The third-order valence-electron chi connectivity index (χ3n) is 4.23. The molecule has 0 N–H and O–H groups in total. The lowest BCUT2D eigenvalue weighted by Crippen LogP contribution is -2.47. The molecule has 0 atom stereocenters. The molecule has 0 unspecified atom stereocenters. The largest absolute Gasteiger partial charge is 0.493 e. The molecule has 0 aromatic heterocycles. The van der Waals surface area contributed by atoms with Crippen LogP contribution < -0.4 is 14.2 Å². The maximum Gasteiger partial charge on any atom is 0.265 e. The lowest BCUT2D eigenvalue weighted by atomic mass is 10.1. The highest BCUT2D eigenvalue weighted by Crippen LogP contribution is 2.28. The van der Waals surface area contributed by atoms with Crippen LogP contribution in [-0.2, 0) is 11.2 Å². The number of carbonyl (C=O) groups is 1. The number of ether oxygens (including phenoxy) is 3. The van der Waals surface area contributed by atoms with Gasteiger partial charge in [-0.3, -0.25) is 4.79 Å². The second kappa shape index (κ2) is 9.00. The van der Waals surface area contributed by atoms with Crippen molar-refractivity contribution < 1.29 is 19.0 Å². The zero-order valence-corrected chi connectivity index (χ0v) is 17.2. The van der Waals surface area contributed by atoms with Gasteiger partial charge in [0, 0.05) is 18.6 Å². The van der Waals surface area contributed by atoms with Gasteiger partial charge in [0.25, 0.3) is 5.91 Å². The number of rotatable bonds is 8. The van der Waals surface area contributed by atoms with Crippen molar-refractivity contribution >= 4 is 17.5 Å². The summed E-state index contributed by atoms with van der Waals surface area (Å²) < 4.78 is 16.4. The zero-order valence-electron chi connectivity index (χ0n) is 16.4. The Morgan fingerprint density at radius 3 is 2.26 bits per heavy atom. The molecule has 0 aliphatic rings. The fourth-order valence-corrected chi connectivity index (χ4v) is 2.86. The summed E-state index contributed by atoms with van der Waals surface area (Å²) >= 11 is 5.89. The molecule has 0 saturated heterocycles. The van der Waals surface area contributed by atoms with Gasteiger partial charge in [0.05, 0.1) is 14.2 Å². The summed E-state index contributed by atoms with van der Waals surface area (Å²) in [6, 6.07) is 12.7. The van der Waals surface area contributed by atoms with Crippen molar-refractivity contribution in [2.75, 3.05) is 27.8 Å². The van der Waals surface area contributed by atoms with Crippen LogP contribution in [0.4, 0.5) is 0 Å². The van der Waals surface area contributed by atoms with Crippen LogP contribution in [0.5, 0.6) is 17.2 Å². The second-order valence-electron chi connectivity index (χ2n) is 6.73. The summed E-state index contributed by atoms with van der Waals surface area (Å²) in [6.45, 7) is 4.08. The summed E-state index contributed by atoms with van der Waals surface area (Å²) in [6.07, 6.45) is 0.694. The smallest absolute Gasteiger partial charge is 0.265 e. The van der Waals surface area contributed by atoms with E-state index in [1.165, 1.54) is 0 Å². The highest BCUT2D eigenvalue weighted by atomic mass is 35.5. The normalized spacial score (nSPS) is 11.0. The van der Waals surface area contributed by atoms with E-state index in [-0.39, 0.29) is 5.91 Å². The van der Waals surface area contributed by atoms with Crippen LogP contribution in [0.1, 0.15) is 19.4 Å². The maximum absolute atomic E-state index is 12.8. The molecule has 5 nitrogen and oxygen atoms in total. The van der Waals surface area contributed by atoms with E-state index in [2.05, 4.69) is 0 Å². The first-order valence-corrected chi connectivity index (χ1v) is 9.05. The van der Waals surface area contributed by atoms with E-state index in [1.807, 2.05) is 18.2 Å². The summed E-state index contributed by atoms with van der Waals surface area (Å²) in [5.74, 6) is 1.86. The number of benzene rings is 2. The predicted octanol–water partition coefficient (Wildman–Crippen LogP) is 4.22. The average molecular weight is 392 g/mol. The second-order valence-corrected chi connectivity index (χ2v) is 7.17. The standard InChI is InChI=1S/C21H26ClNO4/c1-21(2,27-17-9-7-16(22)8-10-17)20(24)23(3)13-12-15-6-11-18(25-4)19(14-15)26-5/h6-11,14H,12-13H2,1-5H3. The van der Waals surface area contributed by atoms with E-state index in [4.69, 9.17) is 25.8 Å². The van der Waals surface area contributed by atoms with Gasteiger partial charge in [-0.25, -0.2) is 0 Å². The van der Waals surface area contributed by atoms with Gasteiger partial charge >= 0.3 is 0 Å². The summed E-state index contributed by atoms with van der Waals surface area (Å²) in [5, 5.41) is 0.624. The van der Waals surface area contributed by atoms with Gasteiger partial charge in [-0.15, -0.1) is 0 Å². The van der Waals surface area contributed by atoms with E-state index >= 15 is 0 Å². The lowest BCUT2D eigenvalue weighted by Gasteiger charge is -2.30. The molecule has 2 aromatic carbocycles. The predicted molar refractivity (Wildman–Crippen MR) is 107 cm³/mol. The van der Waals surface area contributed by atoms with Gasteiger partial charge in [-0.1, -0.05) is 17.7 Å². The molecule has 0 bridgehead atoms. The van der Waals surface area contributed by atoms with E-state index in [0.29, 0.717) is 35.2 Å². The van der Waals surface area contributed by atoms with Crippen LogP contribution in [0.15, 0.2) is 42.5 Å². The molecule has 0 saturated carbocycles. The highest BCUT2D eigenvalue weighted by Gasteiger charge is 2.32. The quantitative estimate of drug-likeness (QED) is 0.676. The molecule has 0 aliphatic carbocycles. The molecule has 6 heteroatoms. The number of amides is 1. The minimum Gasteiger partial charge on any atom is -0.493 e. The molecule has 2 aromatic rings. The Morgan fingerprint density at radius 2 is 1.67 bits per heavy atom. The topological polar surface area (TPSA) is 48.0 Å². The maximum atomic E-state index is 12.8. The number of nitrogens with zero attached hydrogens (tertiary/aromatic N) is 1. The van der Waals surface area contributed by atoms with Crippen molar-refractivity contribution in [3.8, 4) is 17.2 Å². The highest BCUT2D eigenvalue weighted by molar-refractivity contribution is 6.30. The van der Waals surface area contributed by atoms with Crippen molar-refractivity contribution in [1.29, 1.82) is 0 Å². The molecule has 0 radical (unpaired) electrons. The minimum atomic E-state index is -0.986. The van der Waals surface area contributed by atoms with Gasteiger partial charge < -0.3 is 19.1 Å². The molecule has 27 heavy (non-hydrogen) atoms. The van der Waals surface area contributed by atoms with Crippen LogP contribution in [0.3, 0.4) is 0 Å². The number of carbonyl (C=O) groups excluding carboxylic acids is 1. The van der Waals surface area contributed by atoms with Crippen LogP contribution in [0.25, 0.3) is 0 Å². The number of likely N-dealkylation sites (N-methyl/N-ethyl adjacent to an activating group) is 1. The van der Waals surface area contributed by atoms with Crippen LogP contribution >= 0.6 is 11.6 Å². The van der Waals surface area contributed by atoms with Crippen molar-refractivity contribution in [2.45, 2.75) is 25.9 Å². The summed E-state index contributed by atoms with van der Waals surface area (Å²) in [5.41, 5.74) is 0.0731. The fourth-order valence-electron chi connectivity index (χ4n) is 2.74. The molecule has 0 fully saturated rings. The van der Waals surface area contributed by atoms with Gasteiger partial charge in [0.2, 0.25) is 0 Å². The molecule has 0 heterocycles. The SMILES string of the molecule is COc1ccc(CCN(C)C(=O)C(C)(C)Oc2ccc(Cl)cc2)cc1OC. The number of hydrogen-bond acceptors (Lipinski definition) is 4. The van der Waals surface area contributed by atoms with E-state index in [9.17, 15) is 4.79 Å². The van der Waals surface area contributed by atoms with Crippen molar-refractivity contribution in [2.24, 2.45) is 0 Å². The Bertz CT molecular complexity index is 774. The van der Waals surface area contributed by atoms with Crippen molar-refractivity contribution in [3.05, 3.63) is 53.1 Å². The minimum absolute atomic E-state index is 0.0991. The summed E-state index contributed by atoms with van der Waals surface area (Å²) in [4.78, 5) is 14.5. The number of halogens is 1. The fraction of sp³-hybridized carbons (Fsp3) is 0.381. The van der Waals surface area contributed by atoms with Crippen LogP contribution in [0, 0.1) is 0 Å². The van der Waals surface area contributed by atoms with Crippen LogP contribution in [-0.4, -0.2) is 44.2 Å². The summed E-state index contributed by atoms with van der Waals surface area (Å²) in [7, 11) is 4.98. The van der Waals surface area contributed by atoms with Crippen molar-refractivity contribution in [3.63, 3.8) is 0 Å². The Morgan fingerprint density at radius 1 is 1.04 bits per heavy atom. The molecule has 2 rings (SSSR count). The third kappa shape index (κ3) is 5.54. The number of methoxy groups -OCH3 is 2. The molecule has 0 aliphatic heterocycles. The van der Waals surface area contributed by atoms with Crippen molar-refractivity contribution in [1.82, 2.24) is 4.90 Å².